The number of rotatable bonds is 5. The lowest BCUT2D eigenvalue weighted by Gasteiger charge is -2.28. The van der Waals surface area contributed by atoms with E-state index < -0.39 is 0 Å². The third-order valence-corrected chi connectivity index (χ3v) is 3.55. The summed E-state index contributed by atoms with van der Waals surface area (Å²) in [4.78, 5) is 23.1. The number of piperidine rings is 1. The van der Waals surface area contributed by atoms with Crippen LogP contribution in [0, 0.1) is 5.92 Å². The fraction of sp³-hybridized carbons (Fsp3) is 0.500. The van der Waals surface area contributed by atoms with Crippen LogP contribution in [0.15, 0.2) is 30.3 Å². The molecule has 1 aliphatic heterocycles. The summed E-state index contributed by atoms with van der Waals surface area (Å²) in [6.45, 7) is 4.34. The van der Waals surface area contributed by atoms with Gasteiger partial charge in [-0.1, -0.05) is 44.2 Å². The molecule has 2 rings (SSSR count). The minimum absolute atomic E-state index is 0.139. The van der Waals surface area contributed by atoms with E-state index in [1.807, 2.05) is 18.2 Å². The highest BCUT2D eigenvalue weighted by atomic mass is 16.2. The fourth-order valence-electron chi connectivity index (χ4n) is 2.55. The molecule has 0 saturated carbocycles. The van der Waals surface area contributed by atoms with Gasteiger partial charge >= 0.3 is 0 Å². The van der Waals surface area contributed by atoms with E-state index in [0.717, 1.165) is 6.42 Å². The molecule has 2 amide bonds. The van der Waals surface area contributed by atoms with Gasteiger partial charge in [-0.15, -0.1) is 0 Å². The summed E-state index contributed by atoms with van der Waals surface area (Å²) in [6, 6.07) is 10.0. The van der Waals surface area contributed by atoms with E-state index in [4.69, 9.17) is 0 Å². The number of carbonyl (C=O) groups excluding carboxylic acids is 2. The van der Waals surface area contributed by atoms with E-state index in [0.29, 0.717) is 18.8 Å². The molecule has 20 heavy (non-hydrogen) atoms. The maximum Gasteiger partial charge on any atom is 0.243 e. The van der Waals surface area contributed by atoms with Gasteiger partial charge in [0.05, 0.1) is 6.04 Å². The monoisotopic (exact) mass is 274 g/mol. The number of carbonyl (C=O) groups is 2. The topological polar surface area (TPSA) is 58.2 Å². The van der Waals surface area contributed by atoms with Gasteiger partial charge < -0.3 is 0 Å². The normalized spacial score (nSPS) is 20.9. The summed E-state index contributed by atoms with van der Waals surface area (Å²) >= 11 is 0. The molecule has 0 spiro atoms. The third kappa shape index (κ3) is 3.90. The van der Waals surface area contributed by atoms with Crippen LogP contribution in [-0.4, -0.2) is 17.9 Å². The van der Waals surface area contributed by atoms with Crippen molar-refractivity contribution in [1.82, 2.24) is 10.6 Å². The Morgan fingerprint density at radius 1 is 1.25 bits per heavy atom. The Morgan fingerprint density at radius 2 is 1.95 bits per heavy atom. The minimum atomic E-state index is -0.281. The van der Waals surface area contributed by atoms with E-state index >= 15 is 0 Å². The summed E-state index contributed by atoms with van der Waals surface area (Å²) in [7, 11) is 0. The molecule has 4 heteroatoms. The number of nitrogens with one attached hydrogen (secondary N) is 2. The van der Waals surface area contributed by atoms with Gasteiger partial charge in [-0.25, -0.2) is 0 Å². The largest absolute Gasteiger partial charge is 0.299 e. The van der Waals surface area contributed by atoms with Crippen molar-refractivity contribution in [2.75, 3.05) is 0 Å². The van der Waals surface area contributed by atoms with Crippen molar-refractivity contribution in [3.63, 3.8) is 0 Å². The van der Waals surface area contributed by atoms with Crippen LogP contribution in [0.4, 0.5) is 0 Å². The smallest absolute Gasteiger partial charge is 0.243 e. The first-order chi connectivity index (χ1) is 9.56. The molecule has 1 saturated heterocycles. The first kappa shape index (κ1) is 14.7. The minimum Gasteiger partial charge on any atom is -0.299 e. The van der Waals surface area contributed by atoms with Crippen LogP contribution in [0.25, 0.3) is 0 Å². The average molecular weight is 274 g/mol. The molecular weight excluding hydrogens is 252 g/mol. The molecule has 0 radical (unpaired) electrons. The van der Waals surface area contributed by atoms with Crippen LogP contribution in [0.2, 0.25) is 0 Å². The van der Waals surface area contributed by atoms with Crippen LogP contribution in [-0.2, 0) is 9.59 Å². The lowest BCUT2D eigenvalue weighted by Crippen LogP contribution is -2.51. The van der Waals surface area contributed by atoms with Crippen LogP contribution in [0.3, 0.4) is 0 Å². The average Bonchev–Trinajstić information content (AvgIpc) is 2.41. The van der Waals surface area contributed by atoms with Crippen LogP contribution < -0.4 is 10.6 Å². The molecule has 0 aliphatic carbocycles. The van der Waals surface area contributed by atoms with Crippen LogP contribution in [0.1, 0.15) is 44.7 Å². The number of imide groups is 1. The van der Waals surface area contributed by atoms with E-state index in [2.05, 4.69) is 36.6 Å². The van der Waals surface area contributed by atoms with Crippen molar-refractivity contribution in [3.8, 4) is 0 Å². The predicted octanol–water partition coefficient (Wildman–Crippen LogP) is 2.17. The molecule has 1 fully saturated rings. The predicted molar refractivity (Wildman–Crippen MR) is 77.9 cm³/mol. The maximum atomic E-state index is 11.9. The molecule has 108 valence electrons. The number of amides is 2. The van der Waals surface area contributed by atoms with Gasteiger partial charge in [0.25, 0.3) is 0 Å². The Morgan fingerprint density at radius 3 is 2.55 bits per heavy atom. The van der Waals surface area contributed by atoms with Gasteiger partial charge in [0.15, 0.2) is 0 Å². The van der Waals surface area contributed by atoms with Crippen LogP contribution >= 0.6 is 0 Å². The van der Waals surface area contributed by atoms with Crippen molar-refractivity contribution >= 4 is 11.8 Å². The number of benzene rings is 1. The Balaban J connectivity index is 2.08. The van der Waals surface area contributed by atoms with Gasteiger partial charge in [0, 0.05) is 12.5 Å². The standard InChI is InChI=1S/C16H22N2O2/c1-11(2)10-14(12-6-4-3-5-7-12)17-13-8-9-15(19)18-16(13)20/h3-7,11,13-14,17H,8-10H2,1-2H3,(H,18,19,20). The molecule has 2 N–H and O–H groups in total. The van der Waals surface area contributed by atoms with Crippen molar-refractivity contribution in [1.29, 1.82) is 0 Å². The van der Waals surface area contributed by atoms with E-state index in [-0.39, 0.29) is 23.9 Å². The van der Waals surface area contributed by atoms with Crippen molar-refractivity contribution in [2.24, 2.45) is 5.92 Å². The van der Waals surface area contributed by atoms with Crippen molar-refractivity contribution in [2.45, 2.75) is 45.2 Å². The summed E-state index contributed by atoms with van der Waals surface area (Å²) in [5.41, 5.74) is 1.19. The van der Waals surface area contributed by atoms with Crippen LogP contribution in [0.5, 0.6) is 0 Å². The Bertz CT molecular complexity index is 471. The molecule has 0 bridgehead atoms. The number of hydrogen-bond acceptors (Lipinski definition) is 3. The van der Waals surface area contributed by atoms with E-state index in [9.17, 15) is 9.59 Å². The van der Waals surface area contributed by atoms with Gasteiger partial charge in [-0.3, -0.25) is 20.2 Å². The summed E-state index contributed by atoms with van der Waals surface area (Å²) in [6.07, 6.45) is 1.94. The summed E-state index contributed by atoms with van der Waals surface area (Å²) in [5.74, 6) is 0.153. The third-order valence-electron chi connectivity index (χ3n) is 3.55. The molecule has 1 aromatic carbocycles. The zero-order valence-electron chi connectivity index (χ0n) is 12.1. The first-order valence-corrected chi connectivity index (χ1v) is 7.21. The van der Waals surface area contributed by atoms with Gasteiger partial charge in [0.2, 0.25) is 11.8 Å². The molecule has 1 heterocycles. The quantitative estimate of drug-likeness (QED) is 0.809. The highest BCUT2D eigenvalue weighted by molar-refractivity contribution is 6.00. The fourth-order valence-corrected chi connectivity index (χ4v) is 2.55. The second kappa shape index (κ2) is 6.66. The van der Waals surface area contributed by atoms with E-state index in [1.165, 1.54) is 5.56 Å². The SMILES string of the molecule is CC(C)CC(NC1CCC(=O)NC1=O)c1ccccc1. The lowest BCUT2D eigenvalue weighted by molar-refractivity contribution is -0.134. The second-order valence-corrected chi connectivity index (χ2v) is 5.76. The van der Waals surface area contributed by atoms with Crippen molar-refractivity contribution in [3.05, 3.63) is 35.9 Å². The van der Waals surface area contributed by atoms with Gasteiger partial charge in [-0.05, 0) is 24.3 Å². The Hall–Kier alpha value is -1.68. The molecule has 1 aromatic rings. The lowest BCUT2D eigenvalue weighted by atomic mass is 9.95. The molecular formula is C16H22N2O2. The maximum absolute atomic E-state index is 11.9. The molecule has 1 aliphatic rings. The Kier molecular flexibility index (Phi) is 4.90. The zero-order valence-corrected chi connectivity index (χ0v) is 12.1. The summed E-state index contributed by atoms with van der Waals surface area (Å²) in [5, 5.41) is 5.81. The summed E-state index contributed by atoms with van der Waals surface area (Å²) < 4.78 is 0. The number of hydrogen-bond donors (Lipinski definition) is 2. The molecule has 2 atom stereocenters. The molecule has 0 aromatic heterocycles. The van der Waals surface area contributed by atoms with Crippen molar-refractivity contribution < 1.29 is 9.59 Å². The van der Waals surface area contributed by atoms with E-state index in [1.54, 1.807) is 0 Å². The molecule has 4 nitrogen and oxygen atoms in total. The highest BCUT2D eigenvalue weighted by Gasteiger charge is 2.28. The zero-order chi connectivity index (χ0) is 14.5. The first-order valence-electron chi connectivity index (χ1n) is 7.21. The second-order valence-electron chi connectivity index (χ2n) is 5.76. The van der Waals surface area contributed by atoms with Gasteiger partial charge in [-0.2, -0.15) is 0 Å². The Labute approximate surface area is 119 Å². The van der Waals surface area contributed by atoms with Gasteiger partial charge in [0.1, 0.15) is 0 Å². The molecule has 2 unspecified atom stereocenters. The highest BCUT2D eigenvalue weighted by Crippen LogP contribution is 2.23.